The summed E-state index contributed by atoms with van der Waals surface area (Å²) in [5.74, 6) is 0.800. The number of hydrazone groups is 1. The van der Waals surface area contributed by atoms with Crippen molar-refractivity contribution in [2.75, 3.05) is 6.61 Å². The maximum atomic E-state index is 12.1. The number of ether oxygens (including phenoxy) is 3. The Bertz CT molecular complexity index is 801. The van der Waals surface area contributed by atoms with E-state index < -0.39 is 12.0 Å². The highest BCUT2D eigenvalue weighted by Gasteiger charge is 2.26. The highest BCUT2D eigenvalue weighted by Crippen LogP contribution is 2.30. The van der Waals surface area contributed by atoms with Crippen LogP contribution in [0.25, 0.3) is 0 Å². The van der Waals surface area contributed by atoms with E-state index in [0.717, 1.165) is 5.56 Å². The molecule has 25 heavy (non-hydrogen) atoms. The fraction of sp³-hybridized carbons (Fsp3) is 0.167. The van der Waals surface area contributed by atoms with Crippen molar-refractivity contribution in [3.63, 3.8) is 0 Å². The summed E-state index contributed by atoms with van der Waals surface area (Å²) in [5.41, 5.74) is 3.16. The Labute approximate surface area is 144 Å². The van der Waals surface area contributed by atoms with Crippen LogP contribution in [0.4, 0.5) is 0 Å². The molecule has 1 aliphatic rings. The van der Waals surface area contributed by atoms with Gasteiger partial charge in [-0.3, -0.25) is 9.59 Å². The summed E-state index contributed by atoms with van der Waals surface area (Å²) in [6, 6.07) is 13.9. The molecule has 3 rings (SSSR count). The zero-order valence-electron chi connectivity index (χ0n) is 13.5. The predicted molar refractivity (Wildman–Crippen MR) is 89.8 cm³/mol. The Kier molecular flexibility index (Phi) is 4.94. The third-order valence-electron chi connectivity index (χ3n) is 3.33. The Morgan fingerprint density at radius 3 is 2.60 bits per heavy atom. The zero-order chi connectivity index (χ0) is 17.6. The number of nitrogens with one attached hydrogen (secondary N) is 1. The molecule has 0 radical (unpaired) electrons. The maximum Gasteiger partial charge on any atom is 0.308 e. The van der Waals surface area contributed by atoms with Gasteiger partial charge < -0.3 is 14.2 Å². The van der Waals surface area contributed by atoms with Crippen molar-refractivity contribution >= 4 is 18.1 Å². The Morgan fingerprint density at radius 2 is 1.88 bits per heavy atom. The highest BCUT2D eigenvalue weighted by atomic mass is 16.6. The van der Waals surface area contributed by atoms with Crippen LogP contribution in [0.1, 0.15) is 12.5 Å². The number of esters is 1. The van der Waals surface area contributed by atoms with Crippen molar-refractivity contribution in [3.05, 3.63) is 54.1 Å². The van der Waals surface area contributed by atoms with Gasteiger partial charge in [0.05, 0.1) is 6.21 Å². The predicted octanol–water partition coefficient (Wildman–Crippen LogP) is 1.90. The molecule has 7 nitrogen and oxygen atoms in total. The van der Waals surface area contributed by atoms with Crippen LogP contribution in [0.2, 0.25) is 0 Å². The van der Waals surface area contributed by atoms with E-state index in [1.807, 2.05) is 6.07 Å². The second kappa shape index (κ2) is 7.48. The summed E-state index contributed by atoms with van der Waals surface area (Å²) in [6.07, 6.45) is 0.714. The highest BCUT2D eigenvalue weighted by molar-refractivity contribution is 5.85. The Morgan fingerprint density at radius 1 is 1.16 bits per heavy atom. The zero-order valence-corrected chi connectivity index (χ0v) is 13.5. The van der Waals surface area contributed by atoms with Gasteiger partial charge in [0.1, 0.15) is 12.4 Å². The van der Waals surface area contributed by atoms with E-state index in [4.69, 9.17) is 14.2 Å². The molecule has 0 aromatic heterocycles. The van der Waals surface area contributed by atoms with Crippen LogP contribution in [-0.2, 0) is 9.59 Å². The van der Waals surface area contributed by atoms with Gasteiger partial charge in [0.15, 0.2) is 11.5 Å². The monoisotopic (exact) mass is 340 g/mol. The lowest BCUT2D eigenvalue weighted by Crippen LogP contribution is -2.42. The van der Waals surface area contributed by atoms with Gasteiger partial charge in [0.2, 0.25) is 6.10 Å². The van der Waals surface area contributed by atoms with Crippen LogP contribution < -0.4 is 19.6 Å². The first-order valence-corrected chi connectivity index (χ1v) is 7.62. The molecule has 128 valence electrons. The van der Waals surface area contributed by atoms with Gasteiger partial charge in [-0.05, 0) is 42.0 Å². The molecule has 1 N–H and O–H groups in total. The van der Waals surface area contributed by atoms with Crippen LogP contribution >= 0.6 is 0 Å². The minimum absolute atomic E-state index is 0.120. The molecule has 0 spiro atoms. The number of carbonyl (C=O) groups excluding carboxylic acids is 2. The summed E-state index contributed by atoms with van der Waals surface area (Å²) in [4.78, 5) is 22.9. The van der Waals surface area contributed by atoms with Crippen LogP contribution in [-0.4, -0.2) is 30.8 Å². The molecule has 1 amide bonds. The van der Waals surface area contributed by atoms with Crippen molar-refractivity contribution in [2.45, 2.75) is 13.0 Å². The van der Waals surface area contributed by atoms with E-state index in [1.165, 1.54) is 13.1 Å². The van der Waals surface area contributed by atoms with E-state index in [-0.39, 0.29) is 12.6 Å². The average Bonchev–Trinajstić information content (AvgIpc) is 2.62. The van der Waals surface area contributed by atoms with Gasteiger partial charge in [0, 0.05) is 6.92 Å². The molecule has 1 atom stereocenters. The Hall–Kier alpha value is -3.35. The summed E-state index contributed by atoms with van der Waals surface area (Å²) in [6.45, 7) is 1.45. The number of hydrogen-bond donors (Lipinski definition) is 1. The first kappa shape index (κ1) is 16.5. The molecule has 0 bridgehead atoms. The van der Waals surface area contributed by atoms with E-state index in [1.54, 1.807) is 42.5 Å². The molecule has 0 saturated carbocycles. The first-order chi connectivity index (χ1) is 12.1. The molecule has 1 heterocycles. The van der Waals surface area contributed by atoms with E-state index >= 15 is 0 Å². The minimum Gasteiger partial charge on any atom is -0.485 e. The first-order valence-electron chi connectivity index (χ1n) is 7.62. The number of nitrogens with zero attached hydrogens (tertiary/aromatic N) is 1. The largest absolute Gasteiger partial charge is 0.485 e. The third kappa shape index (κ3) is 4.35. The summed E-state index contributed by atoms with van der Waals surface area (Å²) in [7, 11) is 0. The van der Waals surface area contributed by atoms with Gasteiger partial charge in [-0.25, -0.2) is 5.43 Å². The maximum absolute atomic E-state index is 12.1. The second-order valence-corrected chi connectivity index (χ2v) is 5.26. The third-order valence-corrected chi connectivity index (χ3v) is 3.33. The van der Waals surface area contributed by atoms with Gasteiger partial charge >= 0.3 is 5.97 Å². The van der Waals surface area contributed by atoms with Gasteiger partial charge in [-0.1, -0.05) is 12.1 Å². The second-order valence-electron chi connectivity index (χ2n) is 5.26. The van der Waals surface area contributed by atoms with E-state index in [0.29, 0.717) is 17.2 Å². The summed E-state index contributed by atoms with van der Waals surface area (Å²) >= 11 is 0. The van der Waals surface area contributed by atoms with Gasteiger partial charge in [-0.2, -0.15) is 5.10 Å². The molecule has 1 unspecified atom stereocenters. The average molecular weight is 340 g/mol. The number of fused-ring (bicyclic) bond motifs is 1. The van der Waals surface area contributed by atoms with E-state index in [2.05, 4.69) is 10.5 Å². The van der Waals surface area contributed by atoms with Crippen molar-refractivity contribution < 1.29 is 23.8 Å². The molecule has 1 aliphatic heterocycles. The number of para-hydroxylation sites is 2. The topological polar surface area (TPSA) is 86.2 Å². The fourth-order valence-corrected chi connectivity index (χ4v) is 2.18. The molecule has 0 aliphatic carbocycles. The number of hydrogen-bond acceptors (Lipinski definition) is 6. The number of amides is 1. The molecule has 2 aromatic rings. The standard InChI is InChI=1S/C18H16N2O5/c1-12(21)24-14-8-6-13(7-9-14)10-19-20-18(22)17-11-23-15-4-2-3-5-16(15)25-17/h2-10,17H,11H2,1H3,(H,20,22). The molecule has 7 heteroatoms. The number of benzene rings is 2. The lowest BCUT2D eigenvalue weighted by molar-refractivity contribution is -0.132. The molecular formula is C18H16N2O5. The molecular weight excluding hydrogens is 324 g/mol. The SMILES string of the molecule is CC(=O)Oc1ccc(C=NNC(=O)C2COc3ccccc3O2)cc1. The van der Waals surface area contributed by atoms with Crippen LogP contribution in [0.15, 0.2) is 53.6 Å². The number of carbonyl (C=O) groups is 2. The minimum atomic E-state index is -0.765. The van der Waals surface area contributed by atoms with Crippen LogP contribution in [0, 0.1) is 0 Å². The summed E-state index contributed by atoms with van der Waals surface area (Å²) < 4.78 is 16.0. The lowest BCUT2D eigenvalue weighted by Gasteiger charge is -2.24. The van der Waals surface area contributed by atoms with Crippen LogP contribution in [0.3, 0.4) is 0 Å². The Balaban J connectivity index is 1.54. The molecule has 0 saturated heterocycles. The molecule has 2 aromatic carbocycles. The quantitative estimate of drug-likeness (QED) is 0.398. The normalized spacial score (nSPS) is 15.6. The van der Waals surface area contributed by atoms with Crippen molar-refractivity contribution in [1.29, 1.82) is 0 Å². The van der Waals surface area contributed by atoms with Crippen molar-refractivity contribution in [1.82, 2.24) is 5.43 Å². The lowest BCUT2D eigenvalue weighted by atomic mass is 10.2. The number of rotatable bonds is 4. The van der Waals surface area contributed by atoms with Gasteiger partial charge in [-0.15, -0.1) is 0 Å². The fourth-order valence-electron chi connectivity index (χ4n) is 2.18. The van der Waals surface area contributed by atoms with E-state index in [9.17, 15) is 9.59 Å². The smallest absolute Gasteiger partial charge is 0.308 e. The van der Waals surface area contributed by atoms with Crippen LogP contribution in [0.5, 0.6) is 17.2 Å². The van der Waals surface area contributed by atoms with Crippen molar-refractivity contribution in [3.8, 4) is 17.2 Å². The molecule has 0 fully saturated rings. The summed E-state index contributed by atoms with van der Waals surface area (Å²) in [5, 5.41) is 3.90. The van der Waals surface area contributed by atoms with Gasteiger partial charge in [0.25, 0.3) is 5.91 Å². The van der Waals surface area contributed by atoms with Crippen molar-refractivity contribution in [2.24, 2.45) is 5.10 Å².